The van der Waals surface area contributed by atoms with Crippen molar-refractivity contribution < 1.29 is 9.53 Å². The highest BCUT2D eigenvalue weighted by molar-refractivity contribution is 5.99. The van der Waals surface area contributed by atoms with Gasteiger partial charge in [0, 0.05) is 20.1 Å². The smallest absolute Gasteiger partial charge is 0.159 e. The van der Waals surface area contributed by atoms with Crippen molar-refractivity contribution in [2.75, 3.05) is 13.7 Å². The molecular weight excluding hydrogens is 308 g/mol. The molecule has 146 valence electrons. The second-order valence-corrected chi connectivity index (χ2v) is 8.57. The predicted molar refractivity (Wildman–Crippen MR) is 108 cm³/mol. The quantitative estimate of drug-likeness (QED) is 0.297. The van der Waals surface area contributed by atoms with E-state index < -0.39 is 0 Å². The molecule has 0 atom stereocenters. The maximum Gasteiger partial charge on any atom is 0.159 e. The first kappa shape index (κ1) is 22.4. The molecule has 0 aromatic carbocycles. The molecule has 0 heterocycles. The number of hydrogen-bond acceptors (Lipinski definition) is 2. The molecule has 0 spiro atoms. The summed E-state index contributed by atoms with van der Waals surface area (Å²) >= 11 is 0. The fourth-order valence-corrected chi connectivity index (χ4v) is 4.16. The molecule has 0 aromatic rings. The Morgan fingerprint density at radius 2 is 1.24 bits per heavy atom. The Balaban J connectivity index is 1.90. The van der Waals surface area contributed by atoms with E-state index in [0.29, 0.717) is 5.78 Å². The molecule has 0 bridgehead atoms. The molecule has 0 radical (unpaired) electrons. The van der Waals surface area contributed by atoms with Crippen LogP contribution in [-0.4, -0.2) is 19.5 Å². The predicted octanol–water partition coefficient (Wildman–Crippen LogP) is 7.02. The van der Waals surface area contributed by atoms with Crippen LogP contribution in [0.3, 0.4) is 0 Å². The summed E-state index contributed by atoms with van der Waals surface area (Å²) in [6.45, 7) is 7.41. The zero-order valence-electron chi connectivity index (χ0n) is 17.4. The Morgan fingerprint density at radius 1 is 0.800 bits per heavy atom. The van der Waals surface area contributed by atoms with Crippen molar-refractivity contribution in [3.05, 3.63) is 11.1 Å². The van der Waals surface area contributed by atoms with E-state index in [-0.39, 0.29) is 5.41 Å². The molecule has 0 N–H and O–H groups in total. The van der Waals surface area contributed by atoms with E-state index in [4.69, 9.17) is 4.74 Å². The van der Waals surface area contributed by atoms with Gasteiger partial charge in [0.25, 0.3) is 0 Å². The summed E-state index contributed by atoms with van der Waals surface area (Å²) in [5.74, 6) is 0.374. The summed E-state index contributed by atoms with van der Waals surface area (Å²) in [6.07, 6.45) is 18.1. The minimum Gasteiger partial charge on any atom is -0.385 e. The normalized spacial score (nSPS) is 16.9. The summed E-state index contributed by atoms with van der Waals surface area (Å²) < 4.78 is 5.07. The van der Waals surface area contributed by atoms with Crippen LogP contribution in [0.4, 0.5) is 0 Å². The Hall–Kier alpha value is -0.630. The van der Waals surface area contributed by atoms with Crippen molar-refractivity contribution in [1.29, 1.82) is 0 Å². The lowest BCUT2D eigenvalue weighted by Crippen LogP contribution is -2.11. The number of Topliss-reactive ketones (excluding diaryl/α,β-unsaturated/α-hetero) is 1. The van der Waals surface area contributed by atoms with Crippen LogP contribution < -0.4 is 0 Å². The maximum atomic E-state index is 11.9. The van der Waals surface area contributed by atoms with Crippen LogP contribution in [0.5, 0.6) is 0 Å². The Morgan fingerprint density at radius 3 is 1.64 bits per heavy atom. The van der Waals surface area contributed by atoms with Gasteiger partial charge >= 0.3 is 0 Å². The van der Waals surface area contributed by atoms with Crippen LogP contribution in [0.1, 0.15) is 111 Å². The average molecular weight is 351 g/mol. The molecule has 2 heteroatoms. The van der Waals surface area contributed by atoms with Gasteiger partial charge in [-0.1, -0.05) is 83.6 Å². The van der Waals surface area contributed by atoms with Crippen molar-refractivity contribution in [3.8, 4) is 0 Å². The lowest BCUT2D eigenvalue weighted by molar-refractivity contribution is -0.115. The van der Waals surface area contributed by atoms with E-state index in [1.165, 1.54) is 82.6 Å². The number of carbonyl (C=O) groups excluding carboxylic acids is 1. The summed E-state index contributed by atoms with van der Waals surface area (Å²) in [5, 5.41) is 0. The van der Waals surface area contributed by atoms with Crippen LogP contribution >= 0.6 is 0 Å². The number of hydrogen-bond donors (Lipinski definition) is 0. The van der Waals surface area contributed by atoms with Crippen molar-refractivity contribution in [2.24, 2.45) is 5.41 Å². The second-order valence-electron chi connectivity index (χ2n) is 8.57. The van der Waals surface area contributed by atoms with Gasteiger partial charge in [0.2, 0.25) is 0 Å². The average Bonchev–Trinajstić information content (AvgIpc) is 2.76. The molecule has 1 rings (SSSR count). The number of ketones is 1. The van der Waals surface area contributed by atoms with Crippen LogP contribution in [0, 0.1) is 5.41 Å². The molecule has 0 aliphatic heterocycles. The van der Waals surface area contributed by atoms with Crippen LogP contribution in [0.15, 0.2) is 11.1 Å². The molecule has 2 nitrogen and oxygen atoms in total. The number of methoxy groups -OCH3 is 1. The molecule has 0 saturated heterocycles. The summed E-state index contributed by atoms with van der Waals surface area (Å²) in [5.41, 5.74) is 2.61. The number of carbonyl (C=O) groups is 1. The van der Waals surface area contributed by atoms with Gasteiger partial charge in [0.05, 0.1) is 0 Å². The standard InChI is InChI=1S/C23H42O2/c1-20-21(23(2,3)19-22(20)24)17-15-13-11-9-7-5-6-8-10-12-14-16-18-25-4/h5-19H2,1-4H3. The molecule has 0 saturated carbocycles. The highest BCUT2D eigenvalue weighted by atomic mass is 16.5. The molecule has 0 unspecified atom stereocenters. The number of allylic oxidation sites excluding steroid dienone is 2. The first-order chi connectivity index (χ1) is 12.0. The lowest BCUT2D eigenvalue weighted by Gasteiger charge is -2.22. The third-order valence-corrected chi connectivity index (χ3v) is 5.82. The molecule has 25 heavy (non-hydrogen) atoms. The second kappa shape index (κ2) is 12.7. The van der Waals surface area contributed by atoms with E-state index in [1.807, 2.05) is 6.92 Å². The van der Waals surface area contributed by atoms with Crippen molar-refractivity contribution in [3.63, 3.8) is 0 Å². The lowest BCUT2D eigenvalue weighted by atomic mass is 9.82. The van der Waals surface area contributed by atoms with E-state index in [2.05, 4.69) is 13.8 Å². The van der Waals surface area contributed by atoms with E-state index in [0.717, 1.165) is 25.0 Å². The monoisotopic (exact) mass is 350 g/mol. The van der Waals surface area contributed by atoms with Gasteiger partial charge in [0.1, 0.15) is 0 Å². The molecule has 0 fully saturated rings. The van der Waals surface area contributed by atoms with E-state index >= 15 is 0 Å². The van der Waals surface area contributed by atoms with Crippen LogP contribution in [-0.2, 0) is 9.53 Å². The van der Waals surface area contributed by atoms with Crippen LogP contribution in [0.25, 0.3) is 0 Å². The zero-order chi connectivity index (χ0) is 18.5. The summed E-state index contributed by atoms with van der Waals surface area (Å²) in [4.78, 5) is 11.9. The molecular formula is C23H42O2. The van der Waals surface area contributed by atoms with Gasteiger partial charge in [-0.2, -0.15) is 0 Å². The third kappa shape index (κ3) is 9.03. The molecule has 0 amide bonds. The van der Waals surface area contributed by atoms with E-state index in [9.17, 15) is 4.79 Å². The van der Waals surface area contributed by atoms with E-state index in [1.54, 1.807) is 7.11 Å². The zero-order valence-corrected chi connectivity index (χ0v) is 17.4. The van der Waals surface area contributed by atoms with Crippen molar-refractivity contribution in [1.82, 2.24) is 0 Å². The van der Waals surface area contributed by atoms with Gasteiger partial charge in [-0.25, -0.2) is 0 Å². The van der Waals surface area contributed by atoms with Gasteiger partial charge in [-0.15, -0.1) is 0 Å². The molecule has 1 aliphatic rings. The van der Waals surface area contributed by atoms with Crippen LogP contribution in [0.2, 0.25) is 0 Å². The fourth-order valence-electron chi connectivity index (χ4n) is 4.16. The fraction of sp³-hybridized carbons (Fsp3) is 0.870. The highest BCUT2D eigenvalue weighted by Gasteiger charge is 2.35. The minimum absolute atomic E-state index is 0.116. The first-order valence-electron chi connectivity index (χ1n) is 10.7. The third-order valence-electron chi connectivity index (χ3n) is 5.82. The topological polar surface area (TPSA) is 26.3 Å². The van der Waals surface area contributed by atoms with Crippen molar-refractivity contribution >= 4 is 5.78 Å². The molecule has 1 aliphatic carbocycles. The van der Waals surface area contributed by atoms with Gasteiger partial charge in [-0.3, -0.25) is 4.79 Å². The molecule has 0 aromatic heterocycles. The Kier molecular flexibility index (Phi) is 11.4. The summed E-state index contributed by atoms with van der Waals surface area (Å²) in [7, 11) is 1.79. The maximum absolute atomic E-state index is 11.9. The van der Waals surface area contributed by atoms with Gasteiger partial charge in [-0.05, 0) is 37.2 Å². The highest BCUT2D eigenvalue weighted by Crippen LogP contribution is 2.42. The summed E-state index contributed by atoms with van der Waals surface area (Å²) in [6, 6.07) is 0. The largest absolute Gasteiger partial charge is 0.385 e. The SMILES string of the molecule is COCCCCCCCCCCCCCCC1=C(C)C(=O)CC1(C)C. The Labute approximate surface area is 156 Å². The number of ether oxygens (including phenoxy) is 1. The number of unbranched alkanes of at least 4 members (excludes halogenated alkanes) is 11. The van der Waals surface area contributed by atoms with Gasteiger partial charge < -0.3 is 4.74 Å². The van der Waals surface area contributed by atoms with Crippen molar-refractivity contribution in [2.45, 2.75) is 111 Å². The Bertz CT molecular complexity index is 406. The minimum atomic E-state index is 0.116. The first-order valence-corrected chi connectivity index (χ1v) is 10.7. The van der Waals surface area contributed by atoms with Gasteiger partial charge in [0.15, 0.2) is 5.78 Å². The number of rotatable bonds is 15.